The maximum atomic E-state index is 13.6. The van der Waals surface area contributed by atoms with Gasteiger partial charge in [-0.25, -0.2) is 0 Å². The fraction of sp³-hybridized carbons (Fsp3) is 0.207. The third-order valence-electron chi connectivity index (χ3n) is 7.61. The molecule has 12 heteroatoms. The van der Waals surface area contributed by atoms with Gasteiger partial charge in [-0.05, 0) is 35.4 Å². The highest BCUT2D eigenvalue weighted by Crippen LogP contribution is 2.45. The molecule has 9 nitrogen and oxygen atoms in total. The zero-order valence-electron chi connectivity index (χ0n) is 20.8. The molecule has 41 heavy (non-hydrogen) atoms. The second-order valence-corrected chi connectivity index (χ2v) is 9.98. The monoisotopic (exact) mass is 564 g/mol. The molecule has 2 saturated heterocycles. The number of hydrogen-bond donors (Lipinski definition) is 2. The van der Waals surface area contributed by atoms with Crippen molar-refractivity contribution in [3.05, 3.63) is 100 Å². The molecule has 2 fully saturated rings. The Morgan fingerprint density at radius 2 is 1.46 bits per heavy atom. The van der Waals surface area contributed by atoms with Gasteiger partial charge in [0.25, 0.3) is 0 Å². The highest BCUT2D eigenvalue weighted by atomic mass is 19.4. The highest BCUT2D eigenvalue weighted by Gasteiger charge is 2.61. The topological polar surface area (TPSA) is 130 Å². The number of ether oxygens (including phenoxy) is 1. The van der Waals surface area contributed by atoms with Gasteiger partial charge in [-0.2, -0.15) is 0 Å². The maximum Gasteiger partial charge on any atom is 0.573 e. The summed E-state index contributed by atoms with van der Waals surface area (Å²) in [4.78, 5) is 65.9. The fourth-order valence-electron chi connectivity index (χ4n) is 5.89. The molecule has 4 atom stereocenters. The third kappa shape index (κ3) is 4.36. The lowest BCUT2D eigenvalue weighted by atomic mass is 9.83. The molecule has 3 aromatic carbocycles. The number of fused-ring (bicyclic) bond motifs is 3. The second kappa shape index (κ2) is 9.37. The number of imide groups is 1. The Morgan fingerprint density at radius 3 is 2.12 bits per heavy atom. The van der Waals surface area contributed by atoms with E-state index in [1.807, 2.05) is 0 Å². The van der Waals surface area contributed by atoms with E-state index in [0.29, 0.717) is 5.56 Å². The largest absolute Gasteiger partial charge is 0.573 e. The van der Waals surface area contributed by atoms with Gasteiger partial charge in [-0.1, -0.05) is 42.5 Å². The lowest BCUT2D eigenvalue weighted by Gasteiger charge is -2.23. The predicted molar refractivity (Wildman–Crippen MR) is 133 cm³/mol. The molecule has 1 aliphatic carbocycles. The Labute approximate surface area is 229 Å². The Morgan fingerprint density at radius 1 is 0.829 bits per heavy atom. The summed E-state index contributed by atoms with van der Waals surface area (Å²) in [5.74, 6) is -6.68. The van der Waals surface area contributed by atoms with Crippen LogP contribution in [0.5, 0.6) is 5.75 Å². The number of hydrogen-bond acceptors (Lipinski definition) is 7. The minimum absolute atomic E-state index is 0.120. The van der Waals surface area contributed by atoms with Crippen LogP contribution in [0.3, 0.4) is 0 Å². The second-order valence-electron chi connectivity index (χ2n) is 9.98. The van der Waals surface area contributed by atoms with Gasteiger partial charge in [0.05, 0.1) is 18.4 Å². The number of aliphatic carboxylic acids is 1. The first-order chi connectivity index (χ1) is 19.4. The zero-order valence-corrected chi connectivity index (χ0v) is 20.8. The zero-order chi connectivity index (χ0) is 29.2. The van der Waals surface area contributed by atoms with Crippen molar-refractivity contribution in [1.82, 2.24) is 10.2 Å². The van der Waals surface area contributed by atoms with Crippen LogP contribution in [0.25, 0.3) is 0 Å². The van der Waals surface area contributed by atoms with Crippen LogP contribution in [0.2, 0.25) is 0 Å². The van der Waals surface area contributed by atoms with E-state index >= 15 is 0 Å². The first-order valence-corrected chi connectivity index (χ1v) is 12.5. The van der Waals surface area contributed by atoms with E-state index in [4.69, 9.17) is 0 Å². The van der Waals surface area contributed by atoms with Crippen LogP contribution in [-0.4, -0.2) is 51.8 Å². The molecule has 208 valence electrons. The van der Waals surface area contributed by atoms with Crippen molar-refractivity contribution < 1.29 is 47.0 Å². The number of likely N-dealkylation sites (tertiary alicyclic amines) is 1. The Balaban J connectivity index is 1.31. The normalized spacial score (nSPS) is 23.3. The number of halogens is 3. The number of ketones is 2. The minimum Gasteiger partial charge on any atom is -0.480 e. The van der Waals surface area contributed by atoms with Crippen LogP contribution >= 0.6 is 0 Å². The number of nitrogens with one attached hydrogen (secondary N) is 1. The van der Waals surface area contributed by atoms with E-state index in [1.165, 1.54) is 36.4 Å². The number of benzene rings is 3. The molecule has 0 radical (unpaired) electrons. The number of carbonyl (C=O) groups excluding carboxylic acids is 4. The summed E-state index contributed by atoms with van der Waals surface area (Å²) in [6, 6.07) is 13.0. The van der Waals surface area contributed by atoms with E-state index in [-0.39, 0.29) is 45.9 Å². The molecule has 0 aromatic heterocycles. The molecule has 4 unspecified atom stereocenters. The summed E-state index contributed by atoms with van der Waals surface area (Å²) in [5, 5.41) is 12.5. The van der Waals surface area contributed by atoms with Crippen LogP contribution in [0.1, 0.15) is 49.0 Å². The van der Waals surface area contributed by atoms with E-state index in [9.17, 15) is 42.3 Å². The molecule has 0 bridgehead atoms. The van der Waals surface area contributed by atoms with Crippen LogP contribution in [0.15, 0.2) is 66.7 Å². The van der Waals surface area contributed by atoms with Gasteiger partial charge in [0.2, 0.25) is 11.8 Å². The molecule has 2 amide bonds. The molecule has 0 spiro atoms. The van der Waals surface area contributed by atoms with Crippen molar-refractivity contribution >= 4 is 29.4 Å². The maximum absolute atomic E-state index is 13.6. The number of alkyl halides is 3. The molecule has 6 rings (SSSR count). The predicted octanol–water partition coefficient (Wildman–Crippen LogP) is 3.26. The van der Waals surface area contributed by atoms with Gasteiger partial charge >= 0.3 is 12.3 Å². The Kier molecular flexibility index (Phi) is 6.03. The quantitative estimate of drug-likeness (QED) is 0.354. The molecule has 3 aliphatic rings. The number of rotatable bonds is 5. The fourth-order valence-corrected chi connectivity index (χ4v) is 5.89. The van der Waals surface area contributed by atoms with Gasteiger partial charge < -0.3 is 9.84 Å². The summed E-state index contributed by atoms with van der Waals surface area (Å²) in [6.07, 6.45) is -4.97. The molecule has 3 aromatic rings. The van der Waals surface area contributed by atoms with E-state index in [1.54, 1.807) is 18.2 Å². The minimum atomic E-state index is -4.97. The van der Waals surface area contributed by atoms with Crippen molar-refractivity contribution in [2.24, 2.45) is 11.8 Å². The first kappa shape index (κ1) is 26.4. The lowest BCUT2D eigenvalue weighted by molar-refractivity contribution is -0.274. The average Bonchev–Trinajstić information content (AvgIpc) is 3.44. The van der Waals surface area contributed by atoms with Gasteiger partial charge in [0, 0.05) is 28.3 Å². The van der Waals surface area contributed by atoms with Crippen molar-refractivity contribution in [2.75, 3.05) is 0 Å². The van der Waals surface area contributed by atoms with Crippen LogP contribution in [0.4, 0.5) is 13.2 Å². The average molecular weight is 564 g/mol. The molecular formula is C29H19F3N2O7. The van der Waals surface area contributed by atoms with E-state index in [0.717, 1.165) is 17.0 Å². The molecule has 0 saturated carbocycles. The van der Waals surface area contributed by atoms with Crippen molar-refractivity contribution in [3.8, 4) is 5.75 Å². The van der Waals surface area contributed by atoms with Crippen molar-refractivity contribution in [2.45, 2.75) is 25.0 Å². The van der Waals surface area contributed by atoms with Gasteiger partial charge in [-0.15, -0.1) is 13.2 Å². The van der Waals surface area contributed by atoms with Crippen molar-refractivity contribution in [1.29, 1.82) is 0 Å². The molecular weight excluding hydrogens is 545 g/mol. The van der Waals surface area contributed by atoms with Crippen LogP contribution < -0.4 is 10.1 Å². The molecule has 2 N–H and O–H groups in total. The van der Waals surface area contributed by atoms with Gasteiger partial charge in [0.1, 0.15) is 11.8 Å². The Hall–Kier alpha value is -4.84. The summed E-state index contributed by atoms with van der Waals surface area (Å²) >= 11 is 0. The highest BCUT2D eigenvalue weighted by molar-refractivity contribution is 6.28. The summed E-state index contributed by atoms with van der Waals surface area (Å²) in [5.41, 5.74) is 1.32. The summed E-state index contributed by atoms with van der Waals surface area (Å²) in [7, 11) is 0. The number of carbonyl (C=O) groups is 5. The van der Waals surface area contributed by atoms with Crippen LogP contribution in [0, 0.1) is 11.8 Å². The first-order valence-electron chi connectivity index (χ1n) is 12.5. The van der Waals surface area contributed by atoms with Crippen LogP contribution in [-0.2, 0) is 20.9 Å². The van der Waals surface area contributed by atoms with Gasteiger partial charge in [0.15, 0.2) is 11.6 Å². The smallest absolute Gasteiger partial charge is 0.480 e. The number of carboxylic acids is 1. The lowest BCUT2D eigenvalue weighted by Crippen LogP contribution is -2.42. The SMILES string of the molecule is O=C1c2ccccc2C(=O)c2cc(CN3C(=O)C4C(C(=O)O)NC(c5cccc(OC(F)(F)F)c5)C4C3=O)ccc21. The molecule has 2 heterocycles. The summed E-state index contributed by atoms with van der Waals surface area (Å²) in [6.45, 7) is -0.294. The van der Waals surface area contributed by atoms with E-state index in [2.05, 4.69) is 10.1 Å². The molecule has 2 aliphatic heterocycles. The standard InChI is InChI=1S/C29H19F3N2O7/c30-29(31,32)41-15-5-3-4-14(11-15)22-20-21(23(33-22)28(39)40)27(38)34(26(20)37)12-13-8-9-18-19(10-13)25(36)17-7-2-1-6-16(17)24(18)35/h1-11,20-23,33H,12H2,(H,39,40). The Bertz CT molecular complexity index is 1670. The summed E-state index contributed by atoms with van der Waals surface area (Å²) < 4.78 is 42.3. The van der Waals surface area contributed by atoms with Gasteiger partial charge in [-0.3, -0.25) is 34.2 Å². The van der Waals surface area contributed by atoms with Crippen molar-refractivity contribution in [3.63, 3.8) is 0 Å². The number of carboxylic acid groups (broad SMARTS) is 1. The number of nitrogens with zero attached hydrogens (tertiary/aromatic N) is 1. The van der Waals surface area contributed by atoms with E-state index < -0.39 is 53.8 Å². The number of amides is 2. The third-order valence-corrected chi connectivity index (χ3v) is 7.61.